The number of pyridine rings is 2. The molecular weight excluding hydrogens is 337 g/mol. The van der Waals surface area contributed by atoms with E-state index in [-0.39, 0.29) is 18.0 Å². The Morgan fingerprint density at radius 1 is 1.24 bits per heavy atom. The maximum atomic E-state index is 12.3. The van der Waals surface area contributed by atoms with Crippen molar-refractivity contribution in [2.45, 2.75) is 12.7 Å². The van der Waals surface area contributed by atoms with Gasteiger partial charge in [0.15, 0.2) is 6.61 Å². The molecule has 1 N–H and O–H groups in total. The van der Waals surface area contributed by atoms with E-state index in [0.29, 0.717) is 5.69 Å². The van der Waals surface area contributed by atoms with Crippen LogP contribution in [0.4, 0.5) is 13.2 Å². The lowest BCUT2D eigenvalue weighted by Crippen LogP contribution is -2.25. The molecule has 0 unspecified atom stereocenters. The van der Waals surface area contributed by atoms with Gasteiger partial charge in [-0.3, -0.25) is 4.79 Å². The molecule has 0 radical (unpaired) electrons. The van der Waals surface area contributed by atoms with Crippen molar-refractivity contribution in [1.82, 2.24) is 19.7 Å². The Morgan fingerprint density at radius 2 is 2.08 bits per heavy atom. The summed E-state index contributed by atoms with van der Waals surface area (Å²) in [5, 5.41) is 2.60. The quantitative estimate of drug-likeness (QED) is 0.768. The second-order valence-corrected chi connectivity index (χ2v) is 5.14. The average Bonchev–Trinajstić information content (AvgIpc) is 3.00. The molecule has 3 aromatic heterocycles. The maximum absolute atomic E-state index is 12.3. The Kier molecular flexibility index (Phi) is 4.55. The number of carbonyl (C=O) groups excluding carboxylic acids is 1. The Morgan fingerprint density at radius 3 is 2.84 bits per heavy atom. The van der Waals surface area contributed by atoms with E-state index in [1.807, 2.05) is 24.4 Å². The molecule has 0 saturated carbocycles. The highest BCUT2D eigenvalue weighted by Gasteiger charge is 2.29. The summed E-state index contributed by atoms with van der Waals surface area (Å²) in [5.74, 6) is -0.963. The molecule has 1 amide bonds. The molecule has 3 heterocycles. The number of nitrogens with one attached hydrogen (secondary N) is 1. The van der Waals surface area contributed by atoms with Crippen LogP contribution in [0.15, 0.2) is 48.9 Å². The van der Waals surface area contributed by atoms with E-state index in [1.165, 1.54) is 18.3 Å². The zero-order chi connectivity index (χ0) is 17.9. The maximum Gasteiger partial charge on any atom is 0.422 e. The molecule has 6 nitrogen and oxygen atoms in total. The van der Waals surface area contributed by atoms with Gasteiger partial charge in [0.2, 0.25) is 5.88 Å². The van der Waals surface area contributed by atoms with Crippen LogP contribution in [0.2, 0.25) is 0 Å². The Balaban J connectivity index is 1.68. The fourth-order valence-corrected chi connectivity index (χ4v) is 2.17. The first kappa shape index (κ1) is 16.7. The van der Waals surface area contributed by atoms with Crippen molar-refractivity contribution in [2.75, 3.05) is 6.61 Å². The van der Waals surface area contributed by atoms with Gasteiger partial charge in [-0.15, -0.1) is 0 Å². The van der Waals surface area contributed by atoms with Crippen LogP contribution in [-0.2, 0) is 6.54 Å². The van der Waals surface area contributed by atoms with E-state index < -0.39 is 18.7 Å². The van der Waals surface area contributed by atoms with E-state index in [0.717, 1.165) is 5.65 Å². The second-order valence-electron chi connectivity index (χ2n) is 5.14. The van der Waals surface area contributed by atoms with E-state index in [2.05, 4.69) is 20.0 Å². The van der Waals surface area contributed by atoms with Crippen LogP contribution in [-0.4, -0.2) is 33.1 Å². The number of rotatable bonds is 5. The van der Waals surface area contributed by atoms with Crippen LogP contribution in [0.25, 0.3) is 5.65 Å². The van der Waals surface area contributed by atoms with Gasteiger partial charge in [0, 0.05) is 18.6 Å². The van der Waals surface area contributed by atoms with Crippen LogP contribution in [0, 0.1) is 0 Å². The Hall–Kier alpha value is -3.10. The van der Waals surface area contributed by atoms with E-state index in [4.69, 9.17) is 0 Å². The smallest absolute Gasteiger partial charge is 0.422 e. The molecule has 0 bridgehead atoms. The molecule has 3 aromatic rings. The van der Waals surface area contributed by atoms with Gasteiger partial charge in [0.25, 0.3) is 5.91 Å². The number of hydrogen-bond donors (Lipinski definition) is 1. The predicted molar refractivity (Wildman–Crippen MR) is 82.1 cm³/mol. The number of carbonyl (C=O) groups is 1. The number of ether oxygens (including phenoxy) is 1. The van der Waals surface area contributed by atoms with Crippen LogP contribution in [0.3, 0.4) is 0 Å². The monoisotopic (exact) mass is 350 g/mol. The standard InChI is InChI=1S/C16H13F3N4O2/c17-16(18,19)10-25-15-12(4-3-6-20-15)14(24)21-8-11-9-23-7-2-1-5-13(23)22-11/h1-7,9H,8,10H2,(H,21,24). The molecule has 0 aromatic carbocycles. The lowest BCUT2D eigenvalue weighted by Gasteiger charge is -2.11. The highest BCUT2D eigenvalue weighted by atomic mass is 19.4. The van der Waals surface area contributed by atoms with Crippen LogP contribution in [0.5, 0.6) is 5.88 Å². The molecule has 25 heavy (non-hydrogen) atoms. The molecule has 130 valence electrons. The number of hydrogen-bond acceptors (Lipinski definition) is 4. The van der Waals surface area contributed by atoms with Crippen molar-refractivity contribution in [3.8, 4) is 5.88 Å². The van der Waals surface area contributed by atoms with Crippen molar-refractivity contribution in [3.63, 3.8) is 0 Å². The van der Waals surface area contributed by atoms with Crippen LogP contribution >= 0.6 is 0 Å². The highest BCUT2D eigenvalue weighted by Crippen LogP contribution is 2.20. The third kappa shape index (κ3) is 4.25. The normalized spacial score (nSPS) is 11.5. The zero-order valence-electron chi connectivity index (χ0n) is 12.8. The number of halogens is 3. The van der Waals surface area contributed by atoms with E-state index in [9.17, 15) is 18.0 Å². The first-order valence-electron chi connectivity index (χ1n) is 7.28. The van der Waals surface area contributed by atoms with Gasteiger partial charge < -0.3 is 14.5 Å². The van der Waals surface area contributed by atoms with Gasteiger partial charge in [0.05, 0.1) is 12.2 Å². The molecule has 0 atom stereocenters. The SMILES string of the molecule is O=C(NCc1cn2ccccc2n1)c1cccnc1OCC(F)(F)F. The molecule has 0 saturated heterocycles. The second kappa shape index (κ2) is 6.80. The van der Waals surface area contributed by atoms with Gasteiger partial charge in [-0.05, 0) is 24.3 Å². The average molecular weight is 350 g/mol. The first-order valence-corrected chi connectivity index (χ1v) is 7.28. The number of nitrogens with zero attached hydrogens (tertiary/aromatic N) is 3. The van der Waals surface area contributed by atoms with E-state index >= 15 is 0 Å². The number of aromatic nitrogens is 3. The molecule has 0 fully saturated rings. The fourth-order valence-electron chi connectivity index (χ4n) is 2.17. The topological polar surface area (TPSA) is 68.5 Å². The summed E-state index contributed by atoms with van der Waals surface area (Å²) in [7, 11) is 0. The minimum absolute atomic E-state index is 0.0736. The van der Waals surface area contributed by atoms with Gasteiger partial charge in [-0.1, -0.05) is 6.07 Å². The van der Waals surface area contributed by atoms with Gasteiger partial charge in [-0.2, -0.15) is 13.2 Å². The van der Waals surface area contributed by atoms with Crippen LogP contribution in [0.1, 0.15) is 16.1 Å². The third-order valence-corrected chi connectivity index (χ3v) is 3.23. The molecule has 3 rings (SSSR count). The molecule has 0 aliphatic rings. The summed E-state index contributed by atoms with van der Waals surface area (Å²) in [6.07, 6.45) is 0.310. The summed E-state index contributed by atoms with van der Waals surface area (Å²) in [6, 6.07) is 8.29. The van der Waals surface area contributed by atoms with Crippen molar-refractivity contribution >= 4 is 11.6 Å². The summed E-state index contributed by atoms with van der Waals surface area (Å²) in [5.41, 5.74) is 1.26. The zero-order valence-corrected chi connectivity index (χ0v) is 12.8. The number of alkyl halides is 3. The fraction of sp³-hybridized carbons (Fsp3) is 0.188. The van der Waals surface area contributed by atoms with Gasteiger partial charge >= 0.3 is 6.18 Å². The predicted octanol–water partition coefficient (Wildman–Crippen LogP) is 2.60. The summed E-state index contributed by atoms with van der Waals surface area (Å²) in [6.45, 7) is -1.40. The molecule has 0 aliphatic heterocycles. The van der Waals surface area contributed by atoms with E-state index in [1.54, 1.807) is 10.6 Å². The number of amides is 1. The number of imidazole rings is 1. The van der Waals surface area contributed by atoms with Crippen molar-refractivity contribution < 1.29 is 22.7 Å². The Labute approximate surface area is 140 Å². The third-order valence-electron chi connectivity index (χ3n) is 3.23. The lowest BCUT2D eigenvalue weighted by molar-refractivity contribution is -0.154. The Bertz CT molecular complexity index is 859. The first-order chi connectivity index (χ1) is 11.9. The minimum Gasteiger partial charge on any atom is -0.467 e. The summed E-state index contributed by atoms with van der Waals surface area (Å²) >= 11 is 0. The minimum atomic E-state index is -4.51. The molecule has 9 heteroatoms. The largest absolute Gasteiger partial charge is 0.467 e. The summed E-state index contributed by atoms with van der Waals surface area (Å²) < 4.78 is 43.2. The molecule has 0 aliphatic carbocycles. The number of fused-ring (bicyclic) bond motifs is 1. The molecular formula is C16H13F3N4O2. The highest BCUT2D eigenvalue weighted by molar-refractivity contribution is 5.96. The van der Waals surface area contributed by atoms with Crippen LogP contribution < -0.4 is 10.1 Å². The van der Waals surface area contributed by atoms with Gasteiger partial charge in [0.1, 0.15) is 11.2 Å². The van der Waals surface area contributed by atoms with Crippen molar-refractivity contribution in [2.24, 2.45) is 0 Å². The summed E-state index contributed by atoms with van der Waals surface area (Å²) in [4.78, 5) is 20.2. The van der Waals surface area contributed by atoms with Crippen molar-refractivity contribution in [1.29, 1.82) is 0 Å². The lowest BCUT2D eigenvalue weighted by atomic mass is 10.2. The molecule has 0 spiro atoms. The van der Waals surface area contributed by atoms with Crippen molar-refractivity contribution in [3.05, 3.63) is 60.2 Å². The van der Waals surface area contributed by atoms with Gasteiger partial charge in [-0.25, -0.2) is 9.97 Å².